The van der Waals surface area contributed by atoms with Crippen LogP contribution in [-0.4, -0.2) is 12.5 Å². The van der Waals surface area contributed by atoms with Gasteiger partial charge in [-0.1, -0.05) is 23.7 Å². The third kappa shape index (κ3) is 2.52. The van der Waals surface area contributed by atoms with Gasteiger partial charge in [-0.25, -0.2) is 0 Å². The second-order valence-electron chi connectivity index (χ2n) is 5.17. The third-order valence-electron chi connectivity index (χ3n) is 4.17. The minimum absolute atomic E-state index is 0.00357. The number of halogens is 1. The van der Waals surface area contributed by atoms with Gasteiger partial charge in [0.15, 0.2) is 0 Å². The molecule has 0 aliphatic heterocycles. The molecular formula is C14H19ClN2O. The number of carbonyl (C=O) groups excluding carboxylic acids is 1. The van der Waals surface area contributed by atoms with Crippen molar-refractivity contribution in [3.05, 3.63) is 34.9 Å². The fourth-order valence-electron chi connectivity index (χ4n) is 2.88. The first-order chi connectivity index (χ1) is 8.57. The summed E-state index contributed by atoms with van der Waals surface area (Å²) in [4.78, 5) is 11.2. The first-order valence-corrected chi connectivity index (χ1v) is 6.71. The van der Waals surface area contributed by atoms with Crippen molar-refractivity contribution in [2.75, 3.05) is 6.54 Å². The Balaban J connectivity index is 2.21. The number of carbonyl (C=O) groups is 1. The van der Waals surface area contributed by atoms with Crippen molar-refractivity contribution in [2.24, 2.45) is 17.4 Å². The summed E-state index contributed by atoms with van der Waals surface area (Å²) < 4.78 is 0. The van der Waals surface area contributed by atoms with E-state index in [2.05, 4.69) is 6.07 Å². The molecule has 1 aromatic carbocycles. The molecule has 2 rings (SSSR count). The van der Waals surface area contributed by atoms with Crippen LogP contribution in [0.1, 0.15) is 31.2 Å². The second-order valence-corrected chi connectivity index (χ2v) is 5.61. The Bertz CT molecular complexity index is 439. The molecule has 0 radical (unpaired) electrons. The van der Waals surface area contributed by atoms with Crippen LogP contribution < -0.4 is 11.5 Å². The molecule has 0 unspecified atom stereocenters. The van der Waals surface area contributed by atoms with E-state index in [1.165, 1.54) is 5.56 Å². The van der Waals surface area contributed by atoms with Crippen molar-refractivity contribution >= 4 is 17.5 Å². The van der Waals surface area contributed by atoms with E-state index in [0.717, 1.165) is 30.7 Å². The molecule has 1 saturated carbocycles. The van der Waals surface area contributed by atoms with Gasteiger partial charge in [-0.2, -0.15) is 0 Å². The highest BCUT2D eigenvalue weighted by atomic mass is 35.5. The zero-order valence-corrected chi connectivity index (χ0v) is 11.1. The van der Waals surface area contributed by atoms with Gasteiger partial charge in [0.05, 0.1) is 0 Å². The van der Waals surface area contributed by atoms with Gasteiger partial charge in [-0.15, -0.1) is 0 Å². The molecule has 1 aliphatic carbocycles. The molecule has 4 heteroatoms. The van der Waals surface area contributed by atoms with Crippen molar-refractivity contribution in [2.45, 2.75) is 31.1 Å². The summed E-state index contributed by atoms with van der Waals surface area (Å²) in [5.74, 6) is -0.185. The molecule has 4 N–H and O–H groups in total. The minimum atomic E-state index is -0.188. The average molecular weight is 267 g/mol. The van der Waals surface area contributed by atoms with E-state index in [1.807, 2.05) is 18.2 Å². The highest BCUT2D eigenvalue weighted by molar-refractivity contribution is 6.30. The Kier molecular flexibility index (Phi) is 3.93. The van der Waals surface area contributed by atoms with Gasteiger partial charge in [-0.3, -0.25) is 4.79 Å². The van der Waals surface area contributed by atoms with E-state index in [4.69, 9.17) is 23.1 Å². The van der Waals surface area contributed by atoms with Gasteiger partial charge >= 0.3 is 0 Å². The average Bonchev–Trinajstić information content (AvgIpc) is 2.38. The summed E-state index contributed by atoms with van der Waals surface area (Å²) >= 11 is 6.05. The molecule has 3 nitrogen and oxygen atoms in total. The number of hydrogen-bond acceptors (Lipinski definition) is 2. The minimum Gasteiger partial charge on any atom is -0.369 e. The van der Waals surface area contributed by atoms with Crippen LogP contribution in [0.25, 0.3) is 0 Å². The largest absolute Gasteiger partial charge is 0.369 e. The maximum Gasteiger partial charge on any atom is 0.220 e. The van der Waals surface area contributed by atoms with Crippen LogP contribution in [0, 0.1) is 5.92 Å². The van der Waals surface area contributed by atoms with E-state index in [0.29, 0.717) is 6.54 Å². The van der Waals surface area contributed by atoms with E-state index >= 15 is 0 Å². The summed E-state index contributed by atoms with van der Waals surface area (Å²) in [5, 5.41) is 0.734. The molecule has 1 fully saturated rings. The number of benzene rings is 1. The summed E-state index contributed by atoms with van der Waals surface area (Å²) in [7, 11) is 0. The van der Waals surface area contributed by atoms with E-state index in [9.17, 15) is 4.79 Å². The summed E-state index contributed by atoms with van der Waals surface area (Å²) in [6.07, 6.45) is 3.44. The monoisotopic (exact) mass is 266 g/mol. The van der Waals surface area contributed by atoms with Crippen molar-refractivity contribution in [1.82, 2.24) is 0 Å². The topological polar surface area (TPSA) is 69.1 Å². The molecule has 1 amide bonds. The molecular weight excluding hydrogens is 248 g/mol. The van der Waals surface area contributed by atoms with Crippen molar-refractivity contribution in [1.29, 1.82) is 0 Å². The van der Waals surface area contributed by atoms with Gasteiger partial charge in [0.1, 0.15) is 0 Å². The molecule has 0 heterocycles. The molecule has 0 spiro atoms. The second kappa shape index (κ2) is 5.29. The normalized spacial score (nSPS) is 28.0. The molecule has 0 atom stereocenters. The number of nitrogens with two attached hydrogens (primary N) is 2. The van der Waals surface area contributed by atoms with Crippen LogP contribution in [0.4, 0.5) is 0 Å². The summed E-state index contributed by atoms with van der Waals surface area (Å²) in [5.41, 5.74) is 12.5. The fourth-order valence-corrected chi connectivity index (χ4v) is 3.07. The smallest absolute Gasteiger partial charge is 0.220 e. The highest BCUT2D eigenvalue weighted by Gasteiger charge is 2.37. The zero-order valence-electron chi connectivity index (χ0n) is 10.4. The molecule has 1 aliphatic rings. The Hall–Kier alpha value is -1.06. The van der Waals surface area contributed by atoms with E-state index in [1.54, 1.807) is 0 Å². The Morgan fingerprint density at radius 2 is 2.06 bits per heavy atom. The van der Waals surface area contributed by atoms with Gasteiger partial charge in [-0.05, 0) is 43.4 Å². The summed E-state index contributed by atoms with van der Waals surface area (Å²) in [6, 6.07) is 7.88. The van der Waals surface area contributed by atoms with Crippen LogP contribution in [-0.2, 0) is 10.2 Å². The van der Waals surface area contributed by atoms with Crippen LogP contribution in [0.2, 0.25) is 5.02 Å². The lowest BCUT2D eigenvalue weighted by atomic mass is 9.66. The van der Waals surface area contributed by atoms with E-state index in [-0.39, 0.29) is 17.2 Å². The van der Waals surface area contributed by atoms with Gasteiger partial charge in [0, 0.05) is 22.9 Å². The zero-order chi connectivity index (χ0) is 13.2. The molecule has 18 heavy (non-hydrogen) atoms. The lowest BCUT2D eigenvalue weighted by molar-refractivity contribution is -0.123. The van der Waals surface area contributed by atoms with Gasteiger partial charge in [0.2, 0.25) is 5.91 Å². The Morgan fingerprint density at radius 3 is 2.56 bits per heavy atom. The van der Waals surface area contributed by atoms with Crippen molar-refractivity contribution < 1.29 is 4.79 Å². The predicted molar refractivity (Wildman–Crippen MR) is 73.3 cm³/mol. The number of rotatable bonds is 3. The number of primary amides is 1. The van der Waals surface area contributed by atoms with Crippen LogP contribution in [0.3, 0.4) is 0 Å². The quantitative estimate of drug-likeness (QED) is 0.881. The molecule has 98 valence electrons. The maximum atomic E-state index is 11.2. The summed E-state index contributed by atoms with van der Waals surface area (Å²) in [6.45, 7) is 0.582. The standard InChI is InChI=1S/C14H19ClN2O/c15-12-3-1-2-11(8-12)14(9-16)6-4-10(5-7-14)13(17)18/h1-3,8,10H,4-7,9,16H2,(H2,17,18). The first kappa shape index (κ1) is 13.4. The van der Waals surface area contributed by atoms with Gasteiger partial charge in [0.25, 0.3) is 0 Å². The molecule has 0 saturated heterocycles. The first-order valence-electron chi connectivity index (χ1n) is 6.33. The predicted octanol–water partition coefficient (Wildman–Crippen LogP) is 2.21. The third-order valence-corrected chi connectivity index (χ3v) is 4.41. The maximum absolute atomic E-state index is 11.2. The molecule has 0 aromatic heterocycles. The van der Waals surface area contributed by atoms with Gasteiger partial charge < -0.3 is 11.5 Å². The number of amides is 1. The van der Waals surface area contributed by atoms with E-state index < -0.39 is 0 Å². The van der Waals surface area contributed by atoms with Crippen molar-refractivity contribution in [3.63, 3.8) is 0 Å². The molecule has 1 aromatic rings. The fraction of sp³-hybridized carbons (Fsp3) is 0.500. The Morgan fingerprint density at radius 1 is 1.39 bits per heavy atom. The van der Waals surface area contributed by atoms with Crippen molar-refractivity contribution in [3.8, 4) is 0 Å². The molecule has 0 bridgehead atoms. The number of hydrogen-bond donors (Lipinski definition) is 2. The Labute approximate surface area is 112 Å². The van der Waals surface area contributed by atoms with Crippen LogP contribution in [0.5, 0.6) is 0 Å². The lowest BCUT2D eigenvalue weighted by Crippen LogP contribution is -2.41. The SMILES string of the molecule is NCC1(c2cccc(Cl)c2)CCC(C(N)=O)CC1. The van der Waals surface area contributed by atoms with Crippen LogP contribution >= 0.6 is 11.6 Å². The lowest BCUT2D eigenvalue weighted by Gasteiger charge is -2.39. The highest BCUT2D eigenvalue weighted by Crippen LogP contribution is 2.41. The van der Waals surface area contributed by atoms with Crippen LogP contribution in [0.15, 0.2) is 24.3 Å².